The minimum absolute atomic E-state index is 0.117. The number of aliphatic imine (C=N–C) groups is 2. The normalized spacial score (nSPS) is 16.2. The summed E-state index contributed by atoms with van der Waals surface area (Å²) < 4.78 is 5.43. The second-order valence-electron chi connectivity index (χ2n) is 5.45. The number of amidine groups is 2. The molecule has 24 heavy (non-hydrogen) atoms. The first kappa shape index (κ1) is 14.4. The van der Waals surface area contributed by atoms with Crippen molar-refractivity contribution >= 4 is 23.1 Å². The quantitative estimate of drug-likeness (QED) is 0.883. The molecule has 4 rings (SSSR count). The van der Waals surface area contributed by atoms with Gasteiger partial charge in [0.15, 0.2) is 0 Å². The maximum atomic E-state index is 10.4. The lowest BCUT2D eigenvalue weighted by Crippen LogP contribution is -2.36. The van der Waals surface area contributed by atoms with E-state index in [1.165, 1.54) is 0 Å². The zero-order valence-electron chi connectivity index (χ0n) is 13.2. The van der Waals surface area contributed by atoms with Gasteiger partial charge in [-0.05, 0) is 24.3 Å². The number of benzene rings is 1. The van der Waals surface area contributed by atoms with Crippen LogP contribution in [0.4, 0.5) is 5.69 Å². The maximum Gasteiger partial charge on any atom is 0.145 e. The van der Waals surface area contributed by atoms with Crippen molar-refractivity contribution in [2.24, 2.45) is 9.98 Å². The number of pyridine rings is 1. The molecule has 0 spiro atoms. The Morgan fingerprint density at radius 1 is 1.29 bits per heavy atom. The molecule has 0 radical (unpaired) electrons. The average molecular weight is 320 g/mol. The molecule has 0 bridgehead atoms. The van der Waals surface area contributed by atoms with Crippen LogP contribution in [0, 0.1) is 0 Å². The Kier molecular flexibility index (Phi) is 3.49. The highest BCUT2D eigenvalue weighted by molar-refractivity contribution is 6.20. The standard InChI is InChI=1S/C18H16N4O2/c1-24-15-6-2-5-13-17(15)21-16(22-9-8-20-18(13)22)10-14(23)12-4-3-7-19-11-12/h2-7,10-11,23H,8-9H2,1H3/b14-10-. The van der Waals surface area contributed by atoms with Crippen LogP contribution >= 0.6 is 0 Å². The van der Waals surface area contributed by atoms with Crippen LogP contribution in [0.2, 0.25) is 0 Å². The van der Waals surface area contributed by atoms with Crippen LogP contribution in [0.5, 0.6) is 5.75 Å². The van der Waals surface area contributed by atoms with Gasteiger partial charge in [-0.1, -0.05) is 6.07 Å². The molecule has 2 aliphatic heterocycles. The van der Waals surface area contributed by atoms with Crippen molar-refractivity contribution < 1.29 is 9.84 Å². The summed E-state index contributed by atoms with van der Waals surface area (Å²) in [5, 5.41) is 10.4. The van der Waals surface area contributed by atoms with E-state index in [1.54, 1.807) is 37.7 Å². The van der Waals surface area contributed by atoms with Crippen LogP contribution in [0.15, 0.2) is 58.8 Å². The van der Waals surface area contributed by atoms with Gasteiger partial charge < -0.3 is 14.7 Å². The fourth-order valence-corrected chi connectivity index (χ4v) is 2.89. The first-order chi connectivity index (χ1) is 11.8. The largest absolute Gasteiger partial charge is 0.507 e. The summed E-state index contributed by atoms with van der Waals surface area (Å²) in [6, 6.07) is 9.37. The third-order valence-corrected chi connectivity index (χ3v) is 4.03. The number of hydrogen-bond acceptors (Lipinski definition) is 6. The van der Waals surface area contributed by atoms with Gasteiger partial charge >= 0.3 is 0 Å². The summed E-state index contributed by atoms with van der Waals surface area (Å²) in [7, 11) is 1.62. The Morgan fingerprint density at radius 2 is 2.21 bits per heavy atom. The van der Waals surface area contributed by atoms with Crippen molar-refractivity contribution in [3.8, 4) is 5.75 Å². The number of nitrogens with zero attached hydrogens (tertiary/aromatic N) is 4. The highest BCUT2D eigenvalue weighted by atomic mass is 16.5. The average Bonchev–Trinajstić information content (AvgIpc) is 3.12. The van der Waals surface area contributed by atoms with Gasteiger partial charge in [0.1, 0.15) is 28.9 Å². The molecule has 2 aliphatic rings. The van der Waals surface area contributed by atoms with Gasteiger partial charge in [-0.15, -0.1) is 0 Å². The van der Waals surface area contributed by atoms with Crippen LogP contribution in [-0.4, -0.2) is 46.9 Å². The lowest BCUT2D eigenvalue weighted by atomic mass is 10.1. The van der Waals surface area contributed by atoms with Crippen molar-refractivity contribution in [3.05, 3.63) is 59.9 Å². The van der Waals surface area contributed by atoms with E-state index in [2.05, 4.69) is 9.98 Å². The van der Waals surface area contributed by atoms with Crippen LogP contribution in [0.3, 0.4) is 0 Å². The summed E-state index contributed by atoms with van der Waals surface area (Å²) in [6.07, 6.45) is 4.93. The second kappa shape index (κ2) is 5.81. The SMILES string of the molecule is COc1cccc2c1N=C(/C=C(\O)c1cccnc1)N1CCN=C21. The highest BCUT2D eigenvalue weighted by Gasteiger charge is 2.30. The van der Waals surface area contributed by atoms with E-state index in [4.69, 9.17) is 9.73 Å². The molecule has 0 unspecified atom stereocenters. The van der Waals surface area contributed by atoms with Crippen LogP contribution in [0.25, 0.3) is 5.76 Å². The molecule has 0 saturated carbocycles. The number of hydrogen-bond donors (Lipinski definition) is 1. The number of rotatable bonds is 3. The Balaban J connectivity index is 1.83. The monoisotopic (exact) mass is 320 g/mol. The van der Waals surface area contributed by atoms with E-state index in [1.807, 2.05) is 23.1 Å². The molecular weight excluding hydrogens is 304 g/mol. The summed E-state index contributed by atoms with van der Waals surface area (Å²) in [5.41, 5.74) is 2.33. The molecule has 0 saturated heterocycles. The molecule has 0 amide bonds. The molecule has 6 heteroatoms. The van der Waals surface area contributed by atoms with Crippen LogP contribution in [0.1, 0.15) is 11.1 Å². The molecule has 1 N–H and O–H groups in total. The van der Waals surface area contributed by atoms with E-state index >= 15 is 0 Å². The van der Waals surface area contributed by atoms with E-state index in [0.717, 1.165) is 23.6 Å². The van der Waals surface area contributed by atoms with E-state index in [-0.39, 0.29) is 5.76 Å². The second-order valence-corrected chi connectivity index (χ2v) is 5.45. The number of methoxy groups -OCH3 is 1. The molecule has 120 valence electrons. The fourth-order valence-electron chi connectivity index (χ4n) is 2.89. The molecular formula is C18H16N4O2. The number of fused-ring (bicyclic) bond motifs is 3. The highest BCUT2D eigenvalue weighted by Crippen LogP contribution is 2.37. The molecule has 3 heterocycles. The molecule has 1 aromatic heterocycles. The molecule has 6 nitrogen and oxygen atoms in total. The van der Waals surface area contributed by atoms with Crippen molar-refractivity contribution in [3.63, 3.8) is 0 Å². The number of aromatic nitrogens is 1. The Hall–Kier alpha value is -3.15. The number of aliphatic hydroxyl groups excluding tert-OH is 1. The predicted octanol–water partition coefficient (Wildman–Crippen LogP) is 2.80. The predicted molar refractivity (Wildman–Crippen MR) is 93.0 cm³/mol. The molecule has 2 aromatic rings. The van der Waals surface area contributed by atoms with E-state index in [9.17, 15) is 5.11 Å². The van der Waals surface area contributed by atoms with Gasteiger partial charge in [-0.25, -0.2) is 4.99 Å². The minimum atomic E-state index is 0.117. The smallest absolute Gasteiger partial charge is 0.145 e. The van der Waals surface area contributed by atoms with Crippen molar-refractivity contribution in [1.29, 1.82) is 0 Å². The Bertz CT molecular complexity index is 872. The molecule has 0 fully saturated rings. The van der Waals surface area contributed by atoms with Crippen LogP contribution in [-0.2, 0) is 0 Å². The fraction of sp³-hybridized carbons (Fsp3) is 0.167. The number of ether oxygens (including phenoxy) is 1. The Morgan fingerprint density at radius 3 is 3.00 bits per heavy atom. The summed E-state index contributed by atoms with van der Waals surface area (Å²) in [6.45, 7) is 1.44. The molecule has 1 aromatic carbocycles. The zero-order valence-corrected chi connectivity index (χ0v) is 13.2. The first-order valence-electron chi connectivity index (χ1n) is 7.67. The van der Waals surface area contributed by atoms with E-state index < -0.39 is 0 Å². The van der Waals surface area contributed by atoms with Gasteiger partial charge in [0.2, 0.25) is 0 Å². The molecule has 0 aliphatic carbocycles. The number of para-hydroxylation sites is 1. The van der Waals surface area contributed by atoms with Crippen molar-refractivity contribution in [2.75, 3.05) is 20.2 Å². The van der Waals surface area contributed by atoms with Gasteiger partial charge in [0.25, 0.3) is 0 Å². The topological polar surface area (TPSA) is 70.3 Å². The van der Waals surface area contributed by atoms with E-state index in [0.29, 0.717) is 23.7 Å². The van der Waals surface area contributed by atoms with Crippen molar-refractivity contribution in [2.45, 2.75) is 0 Å². The van der Waals surface area contributed by atoms with Crippen molar-refractivity contribution in [1.82, 2.24) is 9.88 Å². The first-order valence-corrected chi connectivity index (χ1v) is 7.67. The minimum Gasteiger partial charge on any atom is -0.507 e. The lowest BCUT2D eigenvalue weighted by Gasteiger charge is -2.26. The van der Waals surface area contributed by atoms with Crippen LogP contribution < -0.4 is 4.74 Å². The van der Waals surface area contributed by atoms with Gasteiger partial charge in [-0.3, -0.25) is 9.98 Å². The molecule has 0 atom stereocenters. The van der Waals surface area contributed by atoms with Gasteiger partial charge in [-0.2, -0.15) is 0 Å². The summed E-state index contributed by atoms with van der Waals surface area (Å²) >= 11 is 0. The summed E-state index contributed by atoms with van der Waals surface area (Å²) in [4.78, 5) is 15.3. The van der Waals surface area contributed by atoms with Gasteiger partial charge in [0.05, 0.1) is 13.7 Å². The lowest BCUT2D eigenvalue weighted by molar-refractivity contribution is 0.415. The Labute approximate surface area is 139 Å². The third kappa shape index (κ3) is 2.32. The zero-order chi connectivity index (χ0) is 16.5. The number of aliphatic hydroxyl groups is 1. The van der Waals surface area contributed by atoms with Gasteiger partial charge in [0, 0.05) is 36.1 Å². The summed E-state index contributed by atoms with van der Waals surface area (Å²) in [5.74, 6) is 2.31. The third-order valence-electron chi connectivity index (χ3n) is 4.03. The maximum absolute atomic E-state index is 10.4.